The molecule has 0 aromatic heterocycles. The van der Waals surface area contributed by atoms with Crippen molar-refractivity contribution in [2.45, 2.75) is 110 Å². The van der Waals surface area contributed by atoms with Gasteiger partial charge in [-0.15, -0.1) is 0 Å². The van der Waals surface area contributed by atoms with Crippen LogP contribution in [0.25, 0.3) is 0 Å². The van der Waals surface area contributed by atoms with Gasteiger partial charge in [0.1, 0.15) is 12.4 Å². The molecule has 3 saturated heterocycles. The van der Waals surface area contributed by atoms with Crippen LogP contribution in [-0.2, 0) is 33.3 Å². The number of ether oxygens (including phenoxy) is 4. The Morgan fingerprint density at radius 2 is 1.85 bits per heavy atom. The highest BCUT2D eigenvalue weighted by Crippen LogP contribution is 2.71. The van der Waals surface area contributed by atoms with E-state index in [0.29, 0.717) is 18.3 Å². The van der Waals surface area contributed by atoms with Crippen molar-refractivity contribution in [1.29, 1.82) is 0 Å². The second-order valence-electron chi connectivity index (χ2n) is 12.9. The van der Waals surface area contributed by atoms with E-state index in [0.717, 1.165) is 44.9 Å². The van der Waals surface area contributed by atoms with Gasteiger partial charge in [0.15, 0.2) is 11.9 Å². The van der Waals surface area contributed by atoms with Gasteiger partial charge in [0, 0.05) is 18.3 Å². The standard InChI is InChI=1S/C27H38O7/c1-15(29)31-20-12-17-16(22-33-23-27(20,34-22)13-21(30)32-23)6-7-19-25(17,3)11-8-18-24(2,14-28)9-5-10-26(18,19)4/h14,16-20,22-23H,5-13H2,1-4H3/t16-,17+,18?,19?,20+,22+,23+,24+,25-,26-,27?/m0/s1. The highest BCUT2D eigenvalue weighted by atomic mass is 16.8. The molecule has 6 aliphatic rings. The number of carbonyl (C=O) groups excluding carboxylic acids is 3. The summed E-state index contributed by atoms with van der Waals surface area (Å²) in [4.78, 5) is 36.6. The third kappa shape index (κ3) is 2.86. The Hall–Kier alpha value is -1.47. The summed E-state index contributed by atoms with van der Waals surface area (Å²) in [5, 5.41) is 0. The van der Waals surface area contributed by atoms with Crippen molar-refractivity contribution in [3.05, 3.63) is 0 Å². The fourth-order valence-electron chi connectivity index (χ4n) is 9.96. The first-order valence-corrected chi connectivity index (χ1v) is 13.2. The fraction of sp³-hybridized carbons (Fsp3) is 0.889. The van der Waals surface area contributed by atoms with Gasteiger partial charge in [0.05, 0.1) is 6.42 Å². The molecule has 7 nitrogen and oxygen atoms in total. The zero-order chi connectivity index (χ0) is 24.1. The van der Waals surface area contributed by atoms with E-state index in [1.165, 1.54) is 13.2 Å². The summed E-state index contributed by atoms with van der Waals surface area (Å²) in [5.74, 6) is 0.582. The molecule has 3 aliphatic carbocycles. The van der Waals surface area contributed by atoms with Gasteiger partial charge >= 0.3 is 11.9 Å². The molecular formula is C27H38O7. The molecule has 11 atom stereocenters. The zero-order valence-electron chi connectivity index (χ0n) is 20.8. The van der Waals surface area contributed by atoms with Crippen LogP contribution in [0.15, 0.2) is 0 Å². The molecule has 0 aromatic rings. The Kier molecular flexibility index (Phi) is 4.92. The molecule has 6 fully saturated rings. The van der Waals surface area contributed by atoms with Crippen molar-refractivity contribution < 1.29 is 33.3 Å². The highest BCUT2D eigenvalue weighted by molar-refractivity contribution is 5.74. The molecule has 7 heteroatoms. The Bertz CT molecular complexity index is 919. The number of carbonyl (C=O) groups is 3. The monoisotopic (exact) mass is 474 g/mol. The van der Waals surface area contributed by atoms with E-state index < -0.39 is 24.3 Å². The largest absolute Gasteiger partial charge is 0.459 e. The van der Waals surface area contributed by atoms with Crippen molar-refractivity contribution in [2.24, 2.45) is 39.9 Å². The Morgan fingerprint density at radius 3 is 2.59 bits per heavy atom. The molecule has 0 aromatic carbocycles. The molecule has 3 aliphatic heterocycles. The molecule has 3 heterocycles. The maximum Gasteiger partial charge on any atom is 0.311 e. The maximum atomic E-state index is 12.2. The Morgan fingerprint density at radius 1 is 1.06 bits per heavy atom. The Labute approximate surface area is 201 Å². The van der Waals surface area contributed by atoms with E-state index in [9.17, 15) is 14.4 Å². The average molecular weight is 475 g/mol. The van der Waals surface area contributed by atoms with Gasteiger partial charge in [-0.25, -0.2) is 0 Å². The maximum absolute atomic E-state index is 12.2. The summed E-state index contributed by atoms with van der Waals surface area (Å²) < 4.78 is 24.1. The van der Waals surface area contributed by atoms with E-state index in [-0.39, 0.29) is 46.4 Å². The van der Waals surface area contributed by atoms with Gasteiger partial charge in [-0.05, 0) is 73.5 Å². The molecular weight excluding hydrogens is 436 g/mol. The van der Waals surface area contributed by atoms with E-state index in [4.69, 9.17) is 18.9 Å². The first-order valence-electron chi connectivity index (χ1n) is 13.2. The van der Waals surface area contributed by atoms with Gasteiger partial charge in [0.2, 0.25) is 6.29 Å². The predicted octanol–water partition coefficient (Wildman–Crippen LogP) is 4.16. The van der Waals surface area contributed by atoms with Crippen molar-refractivity contribution in [1.82, 2.24) is 0 Å². The normalized spacial score (nSPS) is 55.6. The van der Waals surface area contributed by atoms with Crippen LogP contribution in [0.3, 0.4) is 0 Å². The minimum absolute atomic E-state index is 0.0283. The first kappa shape index (κ1) is 23.0. The molecule has 0 radical (unpaired) electrons. The van der Waals surface area contributed by atoms with Crippen LogP contribution < -0.4 is 0 Å². The topological polar surface area (TPSA) is 88.1 Å². The minimum Gasteiger partial charge on any atom is -0.459 e. The molecule has 1 spiro atoms. The summed E-state index contributed by atoms with van der Waals surface area (Å²) >= 11 is 0. The molecule has 2 bridgehead atoms. The SMILES string of the molecule is CC(=O)O[C@@H]1C[C@@H]2[C@H](CCC3[C@@]4(C)CCC[C@](C)(C=O)C4CC[C@]32C)[C@@H]2O[C@H]3OC(=O)CC31O2. The van der Waals surface area contributed by atoms with Gasteiger partial charge in [0.25, 0.3) is 0 Å². The van der Waals surface area contributed by atoms with Crippen molar-refractivity contribution >= 4 is 18.2 Å². The second kappa shape index (κ2) is 7.28. The van der Waals surface area contributed by atoms with Gasteiger partial charge in [-0.3, -0.25) is 9.59 Å². The van der Waals surface area contributed by atoms with Crippen LogP contribution >= 0.6 is 0 Å². The molecule has 3 saturated carbocycles. The van der Waals surface area contributed by atoms with E-state index in [1.807, 2.05) is 0 Å². The lowest BCUT2D eigenvalue weighted by Gasteiger charge is -2.66. The summed E-state index contributed by atoms with van der Waals surface area (Å²) in [6, 6.07) is 0. The zero-order valence-corrected chi connectivity index (χ0v) is 20.8. The molecule has 188 valence electrons. The smallest absolute Gasteiger partial charge is 0.311 e. The van der Waals surface area contributed by atoms with Crippen LogP contribution in [0.4, 0.5) is 0 Å². The summed E-state index contributed by atoms with van der Waals surface area (Å²) in [6.45, 7) is 8.46. The summed E-state index contributed by atoms with van der Waals surface area (Å²) in [5.41, 5.74) is -1.14. The highest BCUT2D eigenvalue weighted by Gasteiger charge is 2.71. The second-order valence-corrected chi connectivity index (χ2v) is 12.9. The van der Waals surface area contributed by atoms with Gasteiger partial charge < -0.3 is 23.7 Å². The quantitative estimate of drug-likeness (QED) is 0.439. The number of hydrogen-bond donors (Lipinski definition) is 0. The Balaban J connectivity index is 1.38. The number of hydrogen-bond acceptors (Lipinski definition) is 7. The van der Waals surface area contributed by atoms with Crippen molar-refractivity contribution in [3.8, 4) is 0 Å². The molecule has 0 amide bonds. The lowest BCUT2D eigenvalue weighted by molar-refractivity contribution is -0.221. The van der Waals surface area contributed by atoms with Crippen LogP contribution in [0.1, 0.15) is 85.5 Å². The van der Waals surface area contributed by atoms with Gasteiger partial charge in [-0.2, -0.15) is 0 Å². The van der Waals surface area contributed by atoms with Crippen molar-refractivity contribution in [3.63, 3.8) is 0 Å². The molecule has 34 heavy (non-hydrogen) atoms. The van der Waals surface area contributed by atoms with E-state index in [1.54, 1.807) is 0 Å². The lowest BCUT2D eigenvalue weighted by atomic mass is 9.38. The number of rotatable bonds is 2. The van der Waals surface area contributed by atoms with Crippen LogP contribution in [0.5, 0.6) is 0 Å². The van der Waals surface area contributed by atoms with E-state index in [2.05, 4.69) is 20.8 Å². The minimum atomic E-state index is -1.04. The average Bonchev–Trinajstić information content (AvgIpc) is 3.21. The molecule has 0 N–H and O–H groups in total. The third-order valence-corrected chi connectivity index (χ3v) is 11.3. The van der Waals surface area contributed by atoms with E-state index >= 15 is 0 Å². The molecule has 3 unspecified atom stereocenters. The predicted molar refractivity (Wildman–Crippen MR) is 120 cm³/mol. The van der Waals surface area contributed by atoms with Crippen LogP contribution in [-0.4, -0.2) is 42.5 Å². The number of fused-ring (bicyclic) bond motifs is 7. The first-order chi connectivity index (χ1) is 16.1. The van der Waals surface area contributed by atoms with Crippen molar-refractivity contribution in [2.75, 3.05) is 0 Å². The lowest BCUT2D eigenvalue weighted by Crippen LogP contribution is -2.61. The summed E-state index contributed by atoms with van der Waals surface area (Å²) in [7, 11) is 0. The van der Waals surface area contributed by atoms with Crippen LogP contribution in [0, 0.1) is 39.9 Å². The third-order valence-electron chi connectivity index (χ3n) is 11.3. The van der Waals surface area contributed by atoms with Gasteiger partial charge in [-0.1, -0.05) is 27.2 Å². The number of aldehydes is 1. The summed E-state index contributed by atoms with van der Waals surface area (Å²) in [6.07, 6.45) is 7.53. The van der Waals surface area contributed by atoms with Crippen LogP contribution in [0.2, 0.25) is 0 Å². The number of esters is 2. The fourth-order valence-corrected chi connectivity index (χ4v) is 9.96. The molecule has 6 rings (SSSR count).